The van der Waals surface area contributed by atoms with Gasteiger partial charge < -0.3 is 14.0 Å². The molecule has 0 N–H and O–H groups in total. The first kappa shape index (κ1) is 21.9. The van der Waals surface area contributed by atoms with Gasteiger partial charge in [-0.3, -0.25) is 4.79 Å². The maximum absolute atomic E-state index is 12.3. The summed E-state index contributed by atoms with van der Waals surface area (Å²) in [5, 5.41) is 3.94. The molecule has 1 aromatic heterocycles. The van der Waals surface area contributed by atoms with Crippen LogP contribution < -0.4 is 9.47 Å². The predicted molar refractivity (Wildman–Crippen MR) is 105 cm³/mol. The molecule has 0 fully saturated rings. The first-order valence-electron chi connectivity index (χ1n) is 8.88. The lowest BCUT2D eigenvalue weighted by atomic mass is 9.91. The molecular formula is C21H17BrF3NO4. The van der Waals surface area contributed by atoms with E-state index in [9.17, 15) is 18.0 Å². The SMILES string of the molecule is CC(=O)C[C@@H](c1ccc(OCc2ccc(OC(F)(F)F)c(Br)c2)cc1)c1ccon1. The lowest BCUT2D eigenvalue weighted by Crippen LogP contribution is -2.17. The Balaban J connectivity index is 1.66. The third-order valence-electron chi connectivity index (χ3n) is 4.22. The smallest absolute Gasteiger partial charge is 0.489 e. The number of carbonyl (C=O) groups is 1. The standard InChI is InChI=1S/C21H17BrF3NO4/c1-13(27)10-17(19-8-9-29-26-19)15-3-5-16(6-4-15)28-12-14-2-7-20(18(22)11-14)30-21(23,24)25/h2-9,11,17H,10,12H2,1H3/t17-/m0/s1. The zero-order valence-electron chi connectivity index (χ0n) is 15.8. The van der Waals surface area contributed by atoms with E-state index in [1.165, 1.54) is 31.4 Å². The number of benzene rings is 2. The van der Waals surface area contributed by atoms with Crippen molar-refractivity contribution in [3.05, 3.63) is 76.1 Å². The highest BCUT2D eigenvalue weighted by atomic mass is 79.9. The number of alkyl halides is 3. The zero-order valence-corrected chi connectivity index (χ0v) is 17.4. The number of aromatic nitrogens is 1. The summed E-state index contributed by atoms with van der Waals surface area (Å²) < 4.78 is 51.7. The number of nitrogens with zero attached hydrogens (tertiary/aromatic N) is 1. The van der Waals surface area contributed by atoms with Crippen molar-refractivity contribution >= 4 is 21.7 Å². The quantitative estimate of drug-likeness (QED) is 0.391. The summed E-state index contributed by atoms with van der Waals surface area (Å²) >= 11 is 3.07. The van der Waals surface area contributed by atoms with Gasteiger partial charge in [0.15, 0.2) is 0 Å². The molecule has 0 saturated carbocycles. The third-order valence-corrected chi connectivity index (χ3v) is 4.84. The Morgan fingerprint density at radius 1 is 1.17 bits per heavy atom. The third kappa shape index (κ3) is 6.09. The minimum atomic E-state index is -4.76. The van der Waals surface area contributed by atoms with E-state index in [2.05, 4.69) is 25.8 Å². The minimum absolute atomic E-state index is 0.0341. The molecule has 0 bridgehead atoms. The molecule has 9 heteroatoms. The van der Waals surface area contributed by atoms with Crippen molar-refractivity contribution in [1.29, 1.82) is 0 Å². The van der Waals surface area contributed by atoms with Crippen LogP contribution >= 0.6 is 15.9 Å². The van der Waals surface area contributed by atoms with Crippen LogP contribution in [0.3, 0.4) is 0 Å². The molecule has 1 atom stereocenters. The lowest BCUT2D eigenvalue weighted by Gasteiger charge is -2.14. The van der Waals surface area contributed by atoms with Crippen LogP contribution in [0.25, 0.3) is 0 Å². The van der Waals surface area contributed by atoms with Gasteiger partial charge in [0.05, 0.1) is 10.2 Å². The van der Waals surface area contributed by atoms with E-state index in [1.807, 2.05) is 12.1 Å². The van der Waals surface area contributed by atoms with Crippen molar-refractivity contribution in [3.8, 4) is 11.5 Å². The summed E-state index contributed by atoms with van der Waals surface area (Å²) in [4.78, 5) is 11.6. The van der Waals surface area contributed by atoms with Crippen molar-refractivity contribution in [1.82, 2.24) is 5.16 Å². The molecule has 1 heterocycles. The zero-order chi connectivity index (χ0) is 21.7. The molecule has 0 aliphatic carbocycles. The van der Waals surface area contributed by atoms with Crippen LogP contribution in [0.5, 0.6) is 11.5 Å². The largest absolute Gasteiger partial charge is 0.573 e. The Morgan fingerprint density at radius 3 is 2.47 bits per heavy atom. The summed E-state index contributed by atoms with van der Waals surface area (Å²) in [5.74, 6) is 0.0754. The van der Waals surface area contributed by atoms with Gasteiger partial charge in [-0.05, 0) is 58.2 Å². The average Bonchev–Trinajstić information content (AvgIpc) is 3.20. The maximum Gasteiger partial charge on any atom is 0.573 e. The molecule has 2 aromatic carbocycles. The minimum Gasteiger partial charge on any atom is -0.489 e. The van der Waals surface area contributed by atoms with Crippen LogP contribution in [0.1, 0.15) is 36.1 Å². The van der Waals surface area contributed by atoms with Gasteiger partial charge in [-0.25, -0.2) is 0 Å². The highest BCUT2D eigenvalue weighted by molar-refractivity contribution is 9.10. The number of carbonyl (C=O) groups excluding carboxylic acids is 1. The topological polar surface area (TPSA) is 61.6 Å². The summed E-state index contributed by atoms with van der Waals surface area (Å²) in [6.07, 6.45) is -3.00. The van der Waals surface area contributed by atoms with Crippen LogP contribution in [0.2, 0.25) is 0 Å². The Morgan fingerprint density at radius 2 is 1.90 bits per heavy atom. The molecule has 5 nitrogen and oxygen atoms in total. The number of ketones is 1. The highest BCUT2D eigenvalue weighted by Crippen LogP contribution is 2.32. The van der Waals surface area contributed by atoms with E-state index in [-0.39, 0.29) is 28.5 Å². The van der Waals surface area contributed by atoms with Crippen LogP contribution in [0.15, 0.2) is 63.8 Å². The summed E-state index contributed by atoms with van der Waals surface area (Å²) in [6.45, 7) is 1.68. The number of Topliss-reactive ketones (excluding diaryl/α,β-unsaturated/α-hetero) is 1. The van der Waals surface area contributed by atoms with E-state index in [1.54, 1.807) is 18.2 Å². The number of rotatable bonds is 8. The molecule has 30 heavy (non-hydrogen) atoms. The average molecular weight is 484 g/mol. The van der Waals surface area contributed by atoms with Gasteiger partial charge in [-0.2, -0.15) is 0 Å². The van der Waals surface area contributed by atoms with Gasteiger partial charge >= 0.3 is 6.36 Å². The Bertz CT molecular complexity index is 988. The highest BCUT2D eigenvalue weighted by Gasteiger charge is 2.32. The van der Waals surface area contributed by atoms with E-state index in [0.29, 0.717) is 23.4 Å². The van der Waals surface area contributed by atoms with E-state index < -0.39 is 6.36 Å². The van der Waals surface area contributed by atoms with Gasteiger partial charge in [-0.15, -0.1) is 13.2 Å². The molecule has 0 spiro atoms. The maximum atomic E-state index is 12.3. The fraction of sp³-hybridized carbons (Fsp3) is 0.238. The van der Waals surface area contributed by atoms with Crippen molar-refractivity contribution < 1.29 is 32.0 Å². The molecular weight excluding hydrogens is 467 g/mol. The monoisotopic (exact) mass is 483 g/mol. The molecule has 3 rings (SSSR count). The molecule has 0 unspecified atom stereocenters. The van der Waals surface area contributed by atoms with E-state index in [4.69, 9.17) is 9.26 Å². The van der Waals surface area contributed by atoms with Crippen LogP contribution in [0.4, 0.5) is 13.2 Å². The van der Waals surface area contributed by atoms with Gasteiger partial charge in [0.25, 0.3) is 0 Å². The Hall–Kier alpha value is -2.81. The van der Waals surface area contributed by atoms with Crippen molar-refractivity contribution in [2.45, 2.75) is 32.2 Å². The van der Waals surface area contributed by atoms with Crippen molar-refractivity contribution in [2.75, 3.05) is 0 Å². The number of halogens is 4. The Kier molecular flexibility index (Phi) is 6.81. The molecule has 0 saturated heterocycles. The fourth-order valence-electron chi connectivity index (χ4n) is 2.89. The normalized spacial score (nSPS) is 12.4. The number of ether oxygens (including phenoxy) is 2. The summed E-state index contributed by atoms with van der Waals surface area (Å²) in [7, 11) is 0. The first-order valence-corrected chi connectivity index (χ1v) is 9.67. The van der Waals surface area contributed by atoms with E-state index >= 15 is 0 Å². The van der Waals surface area contributed by atoms with Crippen LogP contribution in [0, 0.1) is 0 Å². The fourth-order valence-corrected chi connectivity index (χ4v) is 3.39. The number of hydrogen-bond acceptors (Lipinski definition) is 5. The van der Waals surface area contributed by atoms with Crippen molar-refractivity contribution in [3.63, 3.8) is 0 Å². The first-order chi connectivity index (χ1) is 14.2. The van der Waals surface area contributed by atoms with E-state index in [0.717, 1.165) is 5.56 Å². The molecule has 0 amide bonds. The second-order valence-electron chi connectivity index (χ2n) is 6.55. The molecule has 158 valence electrons. The predicted octanol–water partition coefficient (Wildman–Crippen LogP) is 6.03. The lowest BCUT2D eigenvalue weighted by molar-refractivity contribution is -0.274. The molecule has 0 aliphatic rings. The molecule has 3 aromatic rings. The van der Waals surface area contributed by atoms with Gasteiger partial charge in [0.2, 0.25) is 0 Å². The van der Waals surface area contributed by atoms with Gasteiger partial charge in [0.1, 0.15) is 30.2 Å². The van der Waals surface area contributed by atoms with Gasteiger partial charge in [-0.1, -0.05) is 23.4 Å². The Labute approximate surface area is 178 Å². The molecule has 0 aliphatic heterocycles. The number of hydrogen-bond donors (Lipinski definition) is 0. The summed E-state index contributed by atoms with van der Waals surface area (Å²) in [6, 6.07) is 13.2. The van der Waals surface area contributed by atoms with Gasteiger partial charge in [0, 0.05) is 18.4 Å². The van der Waals surface area contributed by atoms with Crippen LogP contribution in [-0.2, 0) is 11.4 Å². The second kappa shape index (κ2) is 9.34. The van der Waals surface area contributed by atoms with Crippen molar-refractivity contribution in [2.24, 2.45) is 0 Å². The molecule has 0 radical (unpaired) electrons. The second-order valence-corrected chi connectivity index (χ2v) is 7.41. The summed E-state index contributed by atoms with van der Waals surface area (Å²) in [5.41, 5.74) is 2.23. The van der Waals surface area contributed by atoms with Crippen LogP contribution in [-0.4, -0.2) is 17.3 Å².